The maximum absolute atomic E-state index is 2.45. The Balaban J connectivity index is 0.000000807. The van der Waals surface area contributed by atoms with Gasteiger partial charge in [0, 0.05) is 0 Å². The minimum atomic E-state index is -0.504. The molecule has 0 saturated carbocycles. The second kappa shape index (κ2) is 7.10. The first-order valence-corrected chi connectivity index (χ1v) is 9.39. The summed E-state index contributed by atoms with van der Waals surface area (Å²) >= 11 is -0.504. The molecule has 0 aromatic heterocycles. The van der Waals surface area contributed by atoms with Crippen LogP contribution in [0.15, 0.2) is 64.0 Å². The Labute approximate surface area is 149 Å². The van der Waals surface area contributed by atoms with Crippen molar-refractivity contribution < 1.29 is 48.0 Å². The molecule has 1 unspecified atom stereocenters. The molecule has 4 rings (SSSR count). The van der Waals surface area contributed by atoms with E-state index in [4.69, 9.17) is 0 Å². The van der Waals surface area contributed by atoms with E-state index in [2.05, 4.69) is 66.8 Å². The third kappa shape index (κ3) is 3.11. The number of rotatable bonds is 2. The number of fused-ring (bicyclic) bond motifs is 3. The maximum Gasteiger partial charge on any atom is -1.00 e. The molecule has 2 aromatic rings. The van der Waals surface area contributed by atoms with Crippen LogP contribution in [0.3, 0.4) is 0 Å². The van der Waals surface area contributed by atoms with Crippen molar-refractivity contribution >= 4 is 16.8 Å². The zero-order valence-corrected chi connectivity index (χ0v) is 15.4. The molecule has 0 fully saturated rings. The fraction of sp³-hybridized carbons (Fsp3) is 0.111. The van der Waals surface area contributed by atoms with Crippen LogP contribution >= 0.6 is 0 Å². The Morgan fingerprint density at radius 1 is 1.00 bits per heavy atom. The predicted molar refractivity (Wildman–Crippen MR) is 77.6 cm³/mol. The van der Waals surface area contributed by atoms with Crippen molar-refractivity contribution in [1.29, 1.82) is 0 Å². The first kappa shape index (κ1) is 16.7. The minimum absolute atomic E-state index is 0. The van der Waals surface area contributed by atoms with Crippen molar-refractivity contribution in [3.63, 3.8) is 0 Å². The van der Waals surface area contributed by atoms with Crippen LogP contribution < -0.4 is 24.8 Å². The van der Waals surface area contributed by atoms with Crippen molar-refractivity contribution in [3.8, 4) is 0 Å². The zero-order chi connectivity index (χ0) is 12.7. The summed E-state index contributed by atoms with van der Waals surface area (Å²) in [5.41, 5.74) is 3.04. The van der Waals surface area contributed by atoms with Gasteiger partial charge in [-0.05, 0) is 0 Å². The van der Waals surface area contributed by atoms with Crippen molar-refractivity contribution in [2.45, 2.75) is 10.0 Å². The van der Waals surface area contributed by atoms with Gasteiger partial charge in [-0.1, -0.05) is 0 Å². The molecule has 2 aliphatic rings. The third-order valence-electron chi connectivity index (χ3n) is 3.91. The van der Waals surface area contributed by atoms with Crippen LogP contribution in [-0.2, 0) is 23.2 Å². The molecule has 3 heteroatoms. The molecule has 0 amide bonds. The summed E-state index contributed by atoms with van der Waals surface area (Å²) in [5, 5.41) is 2.77. The number of hydrogen-bond acceptors (Lipinski definition) is 0. The quantitative estimate of drug-likeness (QED) is 0.605. The van der Waals surface area contributed by atoms with Gasteiger partial charge in [0.2, 0.25) is 0 Å². The summed E-state index contributed by atoms with van der Waals surface area (Å²) < 4.78 is 2.45. The topological polar surface area (TPSA) is 0 Å². The van der Waals surface area contributed by atoms with Crippen molar-refractivity contribution in [1.82, 2.24) is 0 Å². The van der Waals surface area contributed by atoms with E-state index < -0.39 is 23.2 Å². The van der Waals surface area contributed by atoms with E-state index in [1.165, 1.54) is 22.8 Å². The number of hydrogen-bond donors (Lipinski definition) is 0. The van der Waals surface area contributed by atoms with Crippen molar-refractivity contribution in [2.24, 2.45) is 0 Å². The molecular weight excluding hydrogens is 378 g/mol. The van der Waals surface area contributed by atoms with E-state index >= 15 is 0 Å². The average Bonchev–Trinajstić information content (AvgIpc) is 3.09. The number of halogens is 2. The molecule has 0 saturated heterocycles. The second-order valence-electron chi connectivity index (χ2n) is 5.09. The first-order chi connectivity index (χ1) is 9.42. The molecule has 1 atom stereocenters. The third-order valence-corrected chi connectivity index (χ3v) is 7.73. The van der Waals surface area contributed by atoms with Crippen LogP contribution in [-0.4, -0.2) is 0 Å². The molecule has 0 nitrogen and oxygen atoms in total. The Bertz CT molecular complexity index is 744. The van der Waals surface area contributed by atoms with Crippen LogP contribution in [0.1, 0.15) is 21.2 Å². The monoisotopic (exact) mass is 390 g/mol. The first-order valence-electron chi connectivity index (χ1n) is 6.74. The van der Waals surface area contributed by atoms with Crippen LogP contribution in [0.2, 0.25) is 0 Å². The van der Waals surface area contributed by atoms with E-state index in [1.807, 2.05) is 0 Å². The molecule has 0 radical (unpaired) electrons. The minimum Gasteiger partial charge on any atom is -1.00 e. The SMILES string of the molecule is C1=CC[C]([Zr+2][CH]2C=Cc3c2ccc2ccccc32)=C1.[Cl-].[Cl-]. The van der Waals surface area contributed by atoms with Crippen LogP contribution in [0.25, 0.3) is 16.8 Å². The normalized spacial score (nSPS) is 17.7. The van der Waals surface area contributed by atoms with Gasteiger partial charge in [0.05, 0.1) is 0 Å². The standard InChI is InChI=1S/C13H9.C5H5.2ClH.Zr/c1-2-6-12-10(4-1)8-9-11-5-3-7-13(11)12;1-2-4-5-3-1;;;/h1-9H;1-3H,4H2;2*1H;/q;;;;+2/p-2. The summed E-state index contributed by atoms with van der Waals surface area (Å²) in [4.78, 5) is 0. The van der Waals surface area contributed by atoms with E-state index in [1.54, 1.807) is 8.84 Å². The second-order valence-corrected chi connectivity index (χ2v) is 8.91. The van der Waals surface area contributed by atoms with E-state index in [0.29, 0.717) is 0 Å². The molecule has 2 aromatic carbocycles. The zero-order valence-electron chi connectivity index (χ0n) is 11.4. The fourth-order valence-corrected chi connectivity index (χ4v) is 6.45. The van der Waals surface area contributed by atoms with E-state index in [-0.39, 0.29) is 24.8 Å². The molecule has 0 aliphatic heterocycles. The summed E-state index contributed by atoms with van der Waals surface area (Å²) in [6, 6.07) is 13.4. The molecule has 21 heavy (non-hydrogen) atoms. The van der Waals surface area contributed by atoms with Gasteiger partial charge in [-0.2, -0.15) is 0 Å². The molecule has 104 valence electrons. The Hall–Kier alpha value is -0.617. The van der Waals surface area contributed by atoms with Gasteiger partial charge in [-0.25, -0.2) is 0 Å². The van der Waals surface area contributed by atoms with E-state index in [0.717, 1.165) is 3.63 Å². The van der Waals surface area contributed by atoms with Crippen molar-refractivity contribution in [2.75, 3.05) is 0 Å². The summed E-state index contributed by atoms with van der Waals surface area (Å²) in [6.07, 6.45) is 12.9. The van der Waals surface area contributed by atoms with E-state index in [9.17, 15) is 0 Å². The summed E-state index contributed by atoms with van der Waals surface area (Å²) in [6.45, 7) is 0. The molecule has 0 heterocycles. The largest absolute Gasteiger partial charge is 1.00 e. The number of benzene rings is 2. The van der Waals surface area contributed by atoms with Gasteiger partial charge in [0.25, 0.3) is 0 Å². The van der Waals surface area contributed by atoms with Gasteiger partial charge in [0.1, 0.15) is 0 Å². The molecular formula is C18H14Cl2Zr. The van der Waals surface area contributed by atoms with Gasteiger partial charge in [-0.15, -0.1) is 0 Å². The van der Waals surface area contributed by atoms with Crippen molar-refractivity contribution in [3.05, 3.63) is 75.1 Å². The molecule has 0 bridgehead atoms. The van der Waals surface area contributed by atoms with Gasteiger partial charge < -0.3 is 24.8 Å². The van der Waals surface area contributed by atoms with Gasteiger partial charge in [-0.3, -0.25) is 0 Å². The van der Waals surface area contributed by atoms with Gasteiger partial charge >= 0.3 is 125 Å². The van der Waals surface area contributed by atoms with Crippen LogP contribution in [0.5, 0.6) is 0 Å². The van der Waals surface area contributed by atoms with Crippen LogP contribution in [0.4, 0.5) is 0 Å². The smallest absolute Gasteiger partial charge is 1.00 e. The summed E-state index contributed by atoms with van der Waals surface area (Å²) in [7, 11) is 0. The number of allylic oxidation sites excluding steroid dienone is 5. The Morgan fingerprint density at radius 2 is 1.86 bits per heavy atom. The molecule has 2 aliphatic carbocycles. The summed E-state index contributed by atoms with van der Waals surface area (Å²) in [5.74, 6) is 0. The average molecular weight is 392 g/mol. The predicted octanol–water partition coefficient (Wildman–Crippen LogP) is -1.16. The van der Waals surface area contributed by atoms with Gasteiger partial charge in [0.15, 0.2) is 0 Å². The Morgan fingerprint density at radius 3 is 2.67 bits per heavy atom. The maximum atomic E-state index is 2.45. The van der Waals surface area contributed by atoms with Crippen LogP contribution in [0, 0.1) is 0 Å². The molecule has 0 N–H and O–H groups in total. The Kier molecular flexibility index (Phi) is 5.66. The fourth-order valence-electron chi connectivity index (χ4n) is 2.95. The molecule has 0 spiro atoms.